The summed E-state index contributed by atoms with van der Waals surface area (Å²) in [5.74, 6) is -0.972. The van der Waals surface area contributed by atoms with E-state index in [1.807, 2.05) is 0 Å². The van der Waals surface area contributed by atoms with Crippen LogP contribution in [0.3, 0.4) is 0 Å². The van der Waals surface area contributed by atoms with Crippen LogP contribution in [-0.2, 0) is 24.4 Å². The van der Waals surface area contributed by atoms with Crippen LogP contribution < -0.4 is 4.74 Å². The van der Waals surface area contributed by atoms with Gasteiger partial charge in [-0.05, 0) is 19.1 Å². The third-order valence-corrected chi connectivity index (χ3v) is 6.98. The fourth-order valence-electron chi connectivity index (χ4n) is 1.95. The Kier molecular flexibility index (Phi) is 3.51. The Hall–Kier alpha value is -1.61. The first-order valence-corrected chi connectivity index (χ1v) is 8.84. The molecule has 0 aliphatic carbocycles. The Labute approximate surface area is 116 Å². The van der Waals surface area contributed by atoms with Gasteiger partial charge in [0.15, 0.2) is 19.7 Å². The van der Waals surface area contributed by atoms with Crippen molar-refractivity contribution < 1.29 is 31.1 Å². The van der Waals surface area contributed by atoms with E-state index in [0.717, 1.165) is 13.2 Å². The monoisotopic (exact) mass is 320 g/mol. The van der Waals surface area contributed by atoms with E-state index in [1.165, 1.54) is 13.0 Å². The number of methoxy groups -OCH3 is 1. The molecule has 2 rings (SSSR count). The van der Waals surface area contributed by atoms with Gasteiger partial charge < -0.3 is 9.47 Å². The third kappa shape index (κ3) is 2.38. The molecule has 7 nitrogen and oxygen atoms in total. The number of hydrogen-bond acceptors (Lipinski definition) is 7. The second-order valence-corrected chi connectivity index (χ2v) is 8.33. The molecule has 1 aromatic carbocycles. The zero-order chi connectivity index (χ0) is 15.1. The van der Waals surface area contributed by atoms with Crippen LogP contribution in [0, 0.1) is 6.92 Å². The van der Waals surface area contributed by atoms with Crippen LogP contribution >= 0.6 is 0 Å². The molecule has 1 aliphatic rings. The van der Waals surface area contributed by atoms with E-state index in [1.54, 1.807) is 0 Å². The van der Waals surface area contributed by atoms with E-state index in [-0.39, 0.29) is 21.1 Å². The van der Waals surface area contributed by atoms with Crippen molar-refractivity contribution in [3.63, 3.8) is 0 Å². The van der Waals surface area contributed by atoms with Crippen molar-refractivity contribution in [1.82, 2.24) is 0 Å². The maximum atomic E-state index is 12.1. The Morgan fingerprint density at radius 2 is 1.70 bits per heavy atom. The van der Waals surface area contributed by atoms with Crippen LogP contribution in [-0.4, -0.2) is 41.6 Å². The molecular weight excluding hydrogens is 308 g/mol. The van der Waals surface area contributed by atoms with Crippen molar-refractivity contribution in [1.29, 1.82) is 0 Å². The van der Waals surface area contributed by atoms with Crippen molar-refractivity contribution in [2.45, 2.75) is 16.7 Å². The van der Waals surface area contributed by atoms with Gasteiger partial charge in [0.1, 0.15) is 5.75 Å². The van der Waals surface area contributed by atoms with Crippen LogP contribution in [0.5, 0.6) is 5.75 Å². The van der Waals surface area contributed by atoms with E-state index in [9.17, 15) is 21.6 Å². The number of carbonyl (C=O) groups excluding carboxylic acids is 1. The Morgan fingerprint density at radius 1 is 1.10 bits per heavy atom. The molecule has 0 saturated carbocycles. The summed E-state index contributed by atoms with van der Waals surface area (Å²) >= 11 is 0. The maximum absolute atomic E-state index is 12.1. The molecule has 0 unspecified atom stereocenters. The molecule has 1 aliphatic heterocycles. The highest BCUT2D eigenvalue weighted by Crippen LogP contribution is 2.35. The lowest BCUT2D eigenvalue weighted by atomic mass is 10.2. The molecule has 0 radical (unpaired) electrons. The molecule has 0 saturated heterocycles. The summed E-state index contributed by atoms with van der Waals surface area (Å²) in [6, 6.07) is 2.37. The topological polar surface area (TPSA) is 104 Å². The maximum Gasteiger partial charge on any atom is 0.513 e. The smallest absolute Gasteiger partial charge is 0.437 e. The fraction of sp³-hybridized carbons (Fsp3) is 0.364. The number of sulfone groups is 2. The van der Waals surface area contributed by atoms with Gasteiger partial charge in [-0.3, -0.25) is 0 Å². The van der Waals surface area contributed by atoms with Crippen molar-refractivity contribution in [2.75, 3.05) is 18.6 Å². The predicted octanol–water partition coefficient (Wildman–Crippen LogP) is 0.701. The molecule has 0 amide bonds. The second kappa shape index (κ2) is 4.74. The van der Waals surface area contributed by atoms with Gasteiger partial charge in [-0.15, -0.1) is 0 Å². The molecule has 20 heavy (non-hydrogen) atoms. The lowest BCUT2D eigenvalue weighted by molar-refractivity contribution is 0.121. The molecule has 0 bridgehead atoms. The molecule has 0 N–H and O–H groups in total. The number of benzene rings is 1. The zero-order valence-corrected chi connectivity index (χ0v) is 12.4. The highest BCUT2D eigenvalue weighted by Gasteiger charge is 2.36. The first kappa shape index (κ1) is 14.8. The second-order valence-electron chi connectivity index (χ2n) is 4.21. The minimum absolute atomic E-state index is 0.0451. The normalized spacial score (nSPS) is 18.9. The zero-order valence-electron chi connectivity index (χ0n) is 10.7. The van der Waals surface area contributed by atoms with E-state index < -0.39 is 37.3 Å². The summed E-state index contributed by atoms with van der Waals surface area (Å²) < 4.78 is 57.0. The summed E-state index contributed by atoms with van der Waals surface area (Å²) in [6.07, 6.45) is -1.01. The van der Waals surface area contributed by atoms with Crippen LogP contribution in [0.2, 0.25) is 0 Å². The summed E-state index contributed by atoms with van der Waals surface area (Å²) in [4.78, 5) is 10.5. The van der Waals surface area contributed by atoms with Gasteiger partial charge in [-0.2, -0.15) is 0 Å². The summed E-state index contributed by atoms with van der Waals surface area (Å²) in [5.41, 5.74) is 0.0798. The van der Waals surface area contributed by atoms with Gasteiger partial charge >= 0.3 is 6.16 Å². The molecule has 0 aromatic heterocycles. The number of carbonyl (C=O) groups is 1. The van der Waals surface area contributed by atoms with E-state index in [0.29, 0.717) is 0 Å². The minimum atomic E-state index is -3.72. The number of rotatable bonds is 1. The Bertz CT molecular complexity index is 775. The van der Waals surface area contributed by atoms with Crippen molar-refractivity contribution in [3.8, 4) is 5.75 Å². The molecule has 1 heterocycles. The lowest BCUT2D eigenvalue weighted by Crippen LogP contribution is -2.27. The quantitative estimate of drug-likeness (QED) is 0.554. The van der Waals surface area contributed by atoms with Gasteiger partial charge in [0.2, 0.25) is 0 Å². The summed E-state index contributed by atoms with van der Waals surface area (Å²) in [6.45, 7) is 1.38. The number of hydrogen-bond donors (Lipinski definition) is 0. The van der Waals surface area contributed by atoms with Crippen LogP contribution in [0.25, 0.3) is 0 Å². The first-order chi connectivity index (χ1) is 9.19. The molecule has 0 spiro atoms. The standard InChI is InChI=1S/C11H12O7S2/c1-7-8(18-11(12)17-2)3-4-9-10(7)20(15,16)6-5-19(9,13)14/h3-4H,5-6H2,1-2H3. The van der Waals surface area contributed by atoms with Gasteiger partial charge in [0.25, 0.3) is 0 Å². The minimum Gasteiger partial charge on any atom is -0.437 e. The molecule has 0 atom stereocenters. The van der Waals surface area contributed by atoms with Crippen LogP contribution in [0.15, 0.2) is 21.9 Å². The number of fused-ring (bicyclic) bond motifs is 1. The number of ether oxygens (including phenoxy) is 2. The first-order valence-electron chi connectivity index (χ1n) is 5.54. The lowest BCUT2D eigenvalue weighted by Gasteiger charge is -2.20. The van der Waals surface area contributed by atoms with Crippen molar-refractivity contribution >= 4 is 25.8 Å². The summed E-state index contributed by atoms with van der Waals surface area (Å²) in [5, 5.41) is 0. The molecule has 9 heteroatoms. The Morgan fingerprint density at radius 3 is 2.30 bits per heavy atom. The van der Waals surface area contributed by atoms with Gasteiger partial charge in [-0.1, -0.05) is 0 Å². The predicted molar refractivity (Wildman–Crippen MR) is 68.3 cm³/mol. The highest BCUT2D eigenvalue weighted by atomic mass is 32.2. The van der Waals surface area contributed by atoms with Crippen molar-refractivity contribution in [3.05, 3.63) is 17.7 Å². The molecule has 1 aromatic rings. The van der Waals surface area contributed by atoms with Gasteiger partial charge in [0, 0.05) is 5.56 Å². The van der Waals surface area contributed by atoms with Crippen LogP contribution in [0.4, 0.5) is 4.79 Å². The fourth-order valence-corrected chi connectivity index (χ4v) is 6.55. The van der Waals surface area contributed by atoms with Crippen molar-refractivity contribution in [2.24, 2.45) is 0 Å². The highest BCUT2D eigenvalue weighted by molar-refractivity contribution is 7.98. The van der Waals surface area contributed by atoms with E-state index >= 15 is 0 Å². The van der Waals surface area contributed by atoms with E-state index in [2.05, 4.69) is 4.74 Å². The molecule has 110 valence electrons. The summed E-state index contributed by atoms with van der Waals surface area (Å²) in [7, 11) is -6.25. The molecule has 0 fully saturated rings. The molecular formula is C11H12O7S2. The average molecular weight is 320 g/mol. The largest absolute Gasteiger partial charge is 0.513 e. The third-order valence-electron chi connectivity index (χ3n) is 2.95. The van der Waals surface area contributed by atoms with Gasteiger partial charge in [0.05, 0.1) is 28.4 Å². The SMILES string of the molecule is COC(=O)Oc1ccc2c(c1C)S(=O)(=O)CCS2(=O)=O. The average Bonchev–Trinajstić information content (AvgIpc) is 2.37. The van der Waals surface area contributed by atoms with Crippen LogP contribution in [0.1, 0.15) is 5.56 Å². The van der Waals surface area contributed by atoms with Gasteiger partial charge in [-0.25, -0.2) is 21.6 Å². The van der Waals surface area contributed by atoms with E-state index in [4.69, 9.17) is 4.74 Å². The Balaban J connectivity index is 2.70.